The van der Waals surface area contributed by atoms with Crippen molar-refractivity contribution in [3.05, 3.63) is 35.0 Å². The molecular weight excluding hydrogens is 208 g/mol. The van der Waals surface area contributed by atoms with E-state index in [0.717, 1.165) is 28.0 Å². The lowest BCUT2D eigenvalue weighted by Gasteiger charge is -2.07. The Morgan fingerprint density at radius 1 is 1.40 bits per heavy atom. The van der Waals surface area contributed by atoms with E-state index in [2.05, 4.69) is 10.6 Å². The SMILES string of the molecule is CC(N)Cc1c(Cl)c2ccccc2n1C. The maximum atomic E-state index is 6.33. The van der Waals surface area contributed by atoms with Gasteiger partial charge in [0.2, 0.25) is 0 Å². The van der Waals surface area contributed by atoms with Crippen molar-refractivity contribution in [3.8, 4) is 0 Å². The van der Waals surface area contributed by atoms with Crippen LogP contribution in [0.2, 0.25) is 5.02 Å². The molecule has 0 saturated carbocycles. The molecule has 2 N–H and O–H groups in total. The lowest BCUT2D eigenvalue weighted by atomic mass is 10.2. The highest BCUT2D eigenvalue weighted by atomic mass is 35.5. The Hall–Kier alpha value is -0.990. The molecule has 0 saturated heterocycles. The number of halogens is 1. The fraction of sp³-hybridized carbons (Fsp3) is 0.333. The third kappa shape index (κ3) is 1.75. The van der Waals surface area contributed by atoms with Crippen LogP contribution in [0.15, 0.2) is 24.3 Å². The van der Waals surface area contributed by atoms with Gasteiger partial charge in [0.25, 0.3) is 0 Å². The summed E-state index contributed by atoms with van der Waals surface area (Å²) < 4.78 is 2.13. The van der Waals surface area contributed by atoms with Crippen LogP contribution in [0.1, 0.15) is 12.6 Å². The van der Waals surface area contributed by atoms with Gasteiger partial charge in [-0.25, -0.2) is 0 Å². The van der Waals surface area contributed by atoms with Gasteiger partial charge in [0.15, 0.2) is 0 Å². The highest BCUT2D eigenvalue weighted by molar-refractivity contribution is 6.36. The number of hydrogen-bond acceptors (Lipinski definition) is 1. The summed E-state index contributed by atoms with van der Waals surface area (Å²) >= 11 is 6.33. The van der Waals surface area contributed by atoms with Crippen LogP contribution < -0.4 is 5.73 Å². The van der Waals surface area contributed by atoms with Crippen molar-refractivity contribution in [2.75, 3.05) is 0 Å². The van der Waals surface area contributed by atoms with Crippen molar-refractivity contribution in [2.24, 2.45) is 12.8 Å². The molecule has 0 radical (unpaired) electrons. The van der Waals surface area contributed by atoms with Gasteiger partial charge in [0, 0.05) is 36.1 Å². The number of fused-ring (bicyclic) bond motifs is 1. The number of nitrogens with two attached hydrogens (primary N) is 1. The molecule has 0 amide bonds. The van der Waals surface area contributed by atoms with Crippen molar-refractivity contribution in [1.82, 2.24) is 4.57 Å². The number of aryl methyl sites for hydroxylation is 1. The Kier molecular flexibility index (Phi) is 2.72. The van der Waals surface area contributed by atoms with Gasteiger partial charge < -0.3 is 10.3 Å². The summed E-state index contributed by atoms with van der Waals surface area (Å²) in [5.41, 5.74) is 8.10. The second kappa shape index (κ2) is 3.87. The highest BCUT2D eigenvalue weighted by Gasteiger charge is 2.13. The normalized spacial score (nSPS) is 13.3. The van der Waals surface area contributed by atoms with Gasteiger partial charge in [-0.2, -0.15) is 0 Å². The molecule has 2 nitrogen and oxygen atoms in total. The molecule has 2 rings (SSSR count). The van der Waals surface area contributed by atoms with Crippen LogP contribution in [-0.2, 0) is 13.5 Å². The average molecular weight is 223 g/mol. The van der Waals surface area contributed by atoms with E-state index in [1.165, 1.54) is 0 Å². The fourth-order valence-electron chi connectivity index (χ4n) is 1.93. The van der Waals surface area contributed by atoms with Crippen molar-refractivity contribution in [1.29, 1.82) is 0 Å². The summed E-state index contributed by atoms with van der Waals surface area (Å²) in [6.45, 7) is 1.99. The third-order valence-electron chi connectivity index (χ3n) is 2.68. The number of rotatable bonds is 2. The first kappa shape index (κ1) is 10.5. The van der Waals surface area contributed by atoms with Gasteiger partial charge in [0.1, 0.15) is 0 Å². The zero-order valence-corrected chi connectivity index (χ0v) is 9.75. The lowest BCUT2D eigenvalue weighted by Crippen LogP contribution is -2.19. The van der Waals surface area contributed by atoms with E-state index in [9.17, 15) is 0 Å². The van der Waals surface area contributed by atoms with E-state index >= 15 is 0 Å². The van der Waals surface area contributed by atoms with Crippen molar-refractivity contribution >= 4 is 22.5 Å². The molecule has 1 atom stereocenters. The zero-order chi connectivity index (χ0) is 11.0. The summed E-state index contributed by atoms with van der Waals surface area (Å²) in [6, 6.07) is 8.28. The van der Waals surface area contributed by atoms with Gasteiger partial charge in [-0.3, -0.25) is 0 Å². The van der Waals surface area contributed by atoms with Crippen LogP contribution in [0.3, 0.4) is 0 Å². The minimum Gasteiger partial charge on any atom is -0.346 e. The molecule has 0 aliphatic heterocycles. The second-order valence-corrected chi connectivity index (χ2v) is 4.40. The van der Waals surface area contributed by atoms with Crippen molar-refractivity contribution in [2.45, 2.75) is 19.4 Å². The van der Waals surface area contributed by atoms with E-state index in [4.69, 9.17) is 17.3 Å². The number of nitrogens with zero attached hydrogens (tertiary/aromatic N) is 1. The van der Waals surface area contributed by atoms with Gasteiger partial charge in [-0.1, -0.05) is 29.8 Å². The van der Waals surface area contributed by atoms with Crippen molar-refractivity contribution < 1.29 is 0 Å². The van der Waals surface area contributed by atoms with Crippen LogP contribution in [0.5, 0.6) is 0 Å². The molecule has 0 spiro atoms. The van der Waals surface area contributed by atoms with Crippen LogP contribution in [0, 0.1) is 0 Å². The first-order chi connectivity index (χ1) is 7.11. The number of hydrogen-bond donors (Lipinski definition) is 1. The van der Waals surface area contributed by atoms with Crippen molar-refractivity contribution in [3.63, 3.8) is 0 Å². The van der Waals surface area contributed by atoms with E-state index in [0.29, 0.717) is 0 Å². The molecule has 1 aromatic carbocycles. The molecule has 80 valence electrons. The Balaban J connectivity index is 2.64. The van der Waals surface area contributed by atoms with Crippen LogP contribution in [-0.4, -0.2) is 10.6 Å². The average Bonchev–Trinajstić information content (AvgIpc) is 2.44. The Bertz CT molecular complexity index is 447. The first-order valence-corrected chi connectivity index (χ1v) is 5.46. The summed E-state index contributed by atoms with van der Waals surface area (Å²) in [5.74, 6) is 0. The zero-order valence-electron chi connectivity index (χ0n) is 9.00. The summed E-state index contributed by atoms with van der Waals surface area (Å²) in [5, 5.41) is 1.95. The van der Waals surface area contributed by atoms with Gasteiger partial charge in [-0.05, 0) is 13.0 Å². The van der Waals surface area contributed by atoms with Crippen LogP contribution >= 0.6 is 11.6 Å². The highest BCUT2D eigenvalue weighted by Crippen LogP contribution is 2.30. The fourth-order valence-corrected chi connectivity index (χ4v) is 2.30. The van der Waals surface area contributed by atoms with E-state index in [1.807, 2.05) is 32.2 Å². The maximum absolute atomic E-state index is 6.33. The topological polar surface area (TPSA) is 30.9 Å². The standard InChI is InChI=1S/C12H15ClN2/c1-8(14)7-11-12(13)9-5-3-4-6-10(9)15(11)2/h3-6,8H,7,14H2,1-2H3. The minimum absolute atomic E-state index is 0.130. The number of para-hydroxylation sites is 1. The Labute approximate surface area is 94.6 Å². The first-order valence-electron chi connectivity index (χ1n) is 5.08. The van der Waals surface area contributed by atoms with Crippen LogP contribution in [0.4, 0.5) is 0 Å². The predicted molar refractivity (Wildman–Crippen MR) is 65.3 cm³/mol. The van der Waals surface area contributed by atoms with E-state index < -0.39 is 0 Å². The quantitative estimate of drug-likeness (QED) is 0.833. The summed E-state index contributed by atoms with van der Waals surface area (Å²) in [4.78, 5) is 0. The molecule has 0 bridgehead atoms. The second-order valence-electron chi connectivity index (χ2n) is 4.02. The van der Waals surface area contributed by atoms with Gasteiger partial charge in [-0.15, -0.1) is 0 Å². The number of benzene rings is 1. The molecule has 1 heterocycles. The Morgan fingerprint density at radius 2 is 2.07 bits per heavy atom. The molecule has 2 aromatic rings. The Morgan fingerprint density at radius 3 is 2.67 bits per heavy atom. The maximum Gasteiger partial charge on any atom is 0.0694 e. The third-order valence-corrected chi connectivity index (χ3v) is 3.10. The summed E-state index contributed by atoms with van der Waals surface area (Å²) in [7, 11) is 2.03. The monoisotopic (exact) mass is 222 g/mol. The minimum atomic E-state index is 0.130. The summed E-state index contributed by atoms with van der Waals surface area (Å²) in [6.07, 6.45) is 0.810. The molecule has 0 aliphatic carbocycles. The molecule has 1 aromatic heterocycles. The van der Waals surface area contributed by atoms with E-state index in [1.54, 1.807) is 0 Å². The van der Waals surface area contributed by atoms with E-state index in [-0.39, 0.29) is 6.04 Å². The molecule has 15 heavy (non-hydrogen) atoms. The molecular formula is C12H15ClN2. The van der Waals surface area contributed by atoms with Gasteiger partial charge in [0.05, 0.1) is 5.02 Å². The van der Waals surface area contributed by atoms with Gasteiger partial charge >= 0.3 is 0 Å². The molecule has 0 aliphatic rings. The molecule has 3 heteroatoms. The molecule has 1 unspecified atom stereocenters. The number of aromatic nitrogens is 1. The predicted octanol–water partition coefficient (Wildman–Crippen LogP) is 2.72. The smallest absolute Gasteiger partial charge is 0.0694 e. The van der Waals surface area contributed by atoms with Crippen LogP contribution in [0.25, 0.3) is 10.9 Å². The largest absolute Gasteiger partial charge is 0.346 e. The lowest BCUT2D eigenvalue weighted by molar-refractivity contribution is 0.697. The molecule has 0 fully saturated rings.